The van der Waals surface area contributed by atoms with E-state index in [4.69, 9.17) is 14.0 Å². The Balaban J connectivity index is 1.72. The molecule has 0 unspecified atom stereocenters. The number of ether oxygens (including phenoxy) is 2. The fourth-order valence-electron chi connectivity index (χ4n) is 4.41. The fourth-order valence-corrected chi connectivity index (χ4v) is 5.24. The Hall–Kier alpha value is -2.80. The number of rotatable bonds is 6. The first kappa shape index (κ1) is 21.4. The van der Waals surface area contributed by atoms with Gasteiger partial charge in [-0.15, -0.1) is 11.3 Å². The standard InChI is InChI=1S/C24H28N2O4S/c1-14-6-9-23(31-14)24(27)26-11-10-17-12-21(28-4)22(29-5)13-19(17)20(26)8-7-18-15(2)25-30-16(18)3/h6,9,12-13,20H,7-8,10-11H2,1-5H3/t20-/m1/s1. The second-order valence-electron chi connectivity index (χ2n) is 7.92. The van der Waals surface area contributed by atoms with Gasteiger partial charge in [-0.05, 0) is 75.4 Å². The molecule has 0 saturated heterocycles. The van der Waals surface area contributed by atoms with E-state index in [1.165, 1.54) is 5.56 Å². The van der Waals surface area contributed by atoms with E-state index in [9.17, 15) is 4.79 Å². The van der Waals surface area contributed by atoms with E-state index in [1.807, 2.05) is 49.9 Å². The molecule has 0 saturated carbocycles. The molecule has 0 spiro atoms. The Morgan fingerprint density at radius 1 is 1.19 bits per heavy atom. The Morgan fingerprint density at radius 3 is 2.55 bits per heavy atom. The molecule has 1 aliphatic rings. The predicted octanol–water partition coefficient (Wildman–Crippen LogP) is 5.05. The van der Waals surface area contributed by atoms with Crippen LogP contribution in [0.4, 0.5) is 0 Å². The molecule has 0 aliphatic carbocycles. The first-order valence-electron chi connectivity index (χ1n) is 10.5. The molecule has 164 valence electrons. The summed E-state index contributed by atoms with van der Waals surface area (Å²) in [5, 5.41) is 4.09. The molecule has 0 radical (unpaired) electrons. The normalized spacial score (nSPS) is 15.6. The van der Waals surface area contributed by atoms with Gasteiger partial charge in [0.25, 0.3) is 5.91 Å². The topological polar surface area (TPSA) is 64.8 Å². The molecular weight excluding hydrogens is 412 g/mol. The van der Waals surface area contributed by atoms with E-state index in [0.29, 0.717) is 12.3 Å². The van der Waals surface area contributed by atoms with Gasteiger partial charge in [0, 0.05) is 17.0 Å². The molecule has 3 aromatic rings. The quantitative estimate of drug-likeness (QED) is 0.537. The smallest absolute Gasteiger partial charge is 0.264 e. The molecule has 31 heavy (non-hydrogen) atoms. The molecular formula is C24H28N2O4S. The minimum atomic E-state index is -0.0628. The van der Waals surface area contributed by atoms with Crippen LogP contribution in [0.5, 0.6) is 11.5 Å². The molecule has 4 rings (SSSR count). The van der Waals surface area contributed by atoms with Gasteiger partial charge in [0.2, 0.25) is 0 Å². The number of aryl methyl sites for hydroxylation is 3. The first-order valence-corrected chi connectivity index (χ1v) is 11.3. The van der Waals surface area contributed by atoms with Crippen molar-refractivity contribution in [3.05, 3.63) is 62.2 Å². The van der Waals surface area contributed by atoms with Crippen LogP contribution in [0.25, 0.3) is 0 Å². The maximum Gasteiger partial charge on any atom is 0.264 e. The second kappa shape index (κ2) is 8.75. The molecule has 1 atom stereocenters. The van der Waals surface area contributed by atoms with Gasteiger partial charge >= 0.3 is 0 Å². The SMILES string of the molecule is COc1cc2c(cc1OC)[C@@H](CCc1c(C)noc1C)N(C(=O)c1ccc(C)s1)CC2. The van der Waals surface area contributed by atoms with Crippen molar-refractivity contribution < 1.29 is 18.8 Å². The molecule has 3 heterocycles. The number of aromatic nitrogens is 1. The van der Waals surface area contributed by atoms with Crippen LogP contribution in [-0.2, 0) is 12.8 Å². The van der Waals surface area contributed by atoms with Gasteiger partial charge in [-0.25, -0.2) is 0 Å². The number of hydrogen-bond donors (Lipinski definition) is 0. The number of hydrogen-bond acceptors (Lipinski definition) is 6. The van der Waals surface area contributed by atoms with Crippen LogP contribution in [0, 0.1) is 20.8 Å². The Kier molecular flexibility index (Phi) is 6.05. The van der Waals surface area contributed by atoms with E-state index in [1.54, 1.807) is 25.6 Å². The van der Waals surface area contributed by atoms with E-state index < -0.39 is 0 Å². The lowest BCUT2D eigenvalue weighted by Gasteiger charge is -2.38. The Bertz CT molecular complexity index is 1080. The van der Waals surface area contributed by atoms with Gasteiger partial charge in [0.1, 0.15) is 5.76 Å². The van der Waals surface area contributed by atoms with Crippen molar-refractivity contribution in [2.24, 2.45) is 0 Å². The van der Waals surface area contributed by atoms with Gasteiger partial charge in [0.15, 0.2) is 11.5 Å². The number of thiophene rings is 1. The number of fused-ring (bicyclic) bond motifs is 1. The lowest BCUT2D eigenvalue weighted by atomic mass is 9.88. The van der Waals surface area contributed by atoms with Crippen LogP contribution in [0.2, 0.25) is 0 Å². The summed E-state index contributed by atoms with van der Waals surface area (Å²) in [6.45, 7) is 6.60. The zero-order valence-corrected chi connectivity index (χ0v) is 19.5. The summed E-state index contributed by atoms with van der Waals surface area (Å²) in [5.41, 5.74) is 4.35. The zero-order chi connectivity index (χ0) is 22.1. The first-order chi connectivity index (χ1) is 14.9. The van der Waals surface area contributed by atoms with Gasteiger partial charge in [0.05, 0.1) is 30.8 Å². The summed E-state index contributed by atoms with van der Waals surface area (Å²) in [4.78, 5) is 17.4. The molecule has 1 aliphatic heterocycles. The number of benzene rings is 1. The van der Waals surface area contributed by atoms with Gasteiger partial charge < -0.3 is 18.9 Å². The summed E-state index contributed by atoms with van der Waals surface area (Å²) in [6, 6.07) is 7.95. The fraction of sp³-hybridized carbons (Fsp3) is 0.417. The summed E-state index contributed by atoms with van der Waals surface area (Å²) in [5.74, 6) is 2.33. The van der Waals surface area contributed by atoms with Crippen molar-refractivity contribution in [1.82, 2.24) is 10.1 Å². The van der Waals surface area contributed by atoms with Crippen molar-refractivity contribution >= 4 is 17.2 Å². The third-order valence-electron chi connectivity index (χ3n) is 6.06. The zero-order valence-electron chi connectivity index (χ0n) is 18.7. The maximum absolute atomic E-state index is 13.5. The third-order valence-corrected chi connectivity index (χ3v) is 7.05. The average Bonchev–Trinajstić information content (AvgIpc) is 3.35. The lowest BCUT2D eigenvalue weighted by molar-refractivity contribution is 0.0655. The van der Waals surface area contributed by atoms with Crippen molar-refractivity contribution in [2.45, 2.75) is 46.1 Å². The van der Waals surface area contributed by atoms with Crippen molar-refractivity contribution in [2.75, 3.05) is 20.8 Å². The number of amides is 1. The molecule has 0 N–H and O–H groups in total. The Labute approximate surface area is 186 Å². The molecule has 6 nitrogen and oxygen atoms in total. The molecule has 2 aromatic heterocycles. The minimum Gasteiger partial charge on any atom is -0.493 e. The summed E-state index contributed by atoms with van der Waals surface area (Å²) < 4.78 is 16.4. The van der Waals surface area contributed by atoms with E-state index >= 15 is 0 Å². The number of carbonyl (C=O) groups is 1. The van der Waals surface area contributed by atoms with Crippen LogP contribution in [-0.4, -0.2) is 36.7 Å². The van der Waals surface area contributed by atoms with Gasteiger partial charge in [-0.3, -0.25) is 4.79 Å². The Morgan fingerprint density at radius 2 is 1.94 bits per heavy atom. The third kappa shape index (κ3) is 4.06. The summed E-state index contributed by atoms with van der Waals surface area (Å²) >= 11 is 1.55. The van der Waals surface area contributed by atoms with Crippen LogP contribution in [0.3, 0.4) is 0 Å². The van der Waals surface area contributed by atoms with Crippen LogP contribution in [0.1, 0.15) is 55.2 Å². The van der Waals surface area contributed by atoms with E-state index in [0.717, 1.165) is 57.3 Å². The maximum atomic E-state index is 13.5. The van der Waals surface area contributed by atoms with Crippen LogP contribution < -0.4 is 9.47 Å². The van der Waals surface area contributed by atoms with Gasteiger partial charge in [-0.1, -0.05) is 5.16 Å². The molecule has 1 aromatic carbocycles. The van der Waals surface area contributed by atoms with E-state index in [-0.39, 0.29) is 11.9 Å². The molecule has 7 heteroatoms. The summed E-state index contributed by atoms with van der Waals surface area (Å²) in [7, 11) is 3.29. The van der Waals surface area contributed by atoms with Crippen molar-refractivity contribution in [1.29, 1.82) is 0 Å². The van der Waals surface area contributed by atoms with Crippen LogP contribution >= 0.6 is 11.3 Å². The summed E-state index contributed by atoms with van der Waals surface area (Å²) in [6.07, 6.45) is 2.35. The number of nitrogens with zero attached hydrogens (tertiary/aromatic N) is 2. The van der Waals surface area contributed by atoms with Crippen molar-refractivity contribution in [3.8, 4) is 11.5 Å². The van der Waals surface area contributed by atoms with Crippen molar-refractivity contribution in [3.63, 3.8) is 0 Å². The highest BCUT2D eigenvalue weighted by molar-refractivity contribution is 7.13. The highest BCUT2D eigenvalue weighted by Gasteiger charge is 2.33. The molecule has 0 bridgehead atoms. The van der Waals surface area contributed by atoms with Gasteiger partial charge in [-0.2, -0.15) is 0 Å². The molecule has 1 amide bonds. The highest BCUT2D eigenvalue weighted by Crippen LogP contribution is 2.41. The second-order valence-corrected chi connectivity index (χ2v) is 9.21. The average molecular weight is 441 g/mol. The minimum absolute atomic E-state index is 0.0628. The van der Waals surface area contributed by atoms with Crippen LogP contribution in [0.15, 0.2) is 28.8 Å². The van der Waals surface area contributed by atoms with E-state index in [2.05, 4.69) is 5.16 Å². The highest BCUT2D eigenvalue weighted by atomic mass is 32.1. The number of carbonyl (C=O) groups excluding carboxylic acids is 1. The predicted molar refractivity (Wildman–Crippen MR) is 120 cm³/mol. The monoisotopic (exact) mass is 440 g/mol. The number of methoxy groups -OCH3 is 2. The lowest BCUT2D eigenvalue weighted by Crippen LogP contribution is -2.40. The molecule has 0 fully saturated rings. The largest absolute Gasteiger partial charge is 0.493 e.